The van der Waals surface area contributed by atoms with Gasteiger partial charge in [0.2, 0.25) is 17.7 Å². The van der Waals surface area contributed by atoms with Crippen molar-refractivity contribution in [3.63, 3.8) is 0 Å². The van der Waals surface area contributed by atoms with Gasteiger partial charge in [-0.25, -0.2) is 0 Å². The molecule has 1 spiro atoms. The summed E-state index contributed by atoms with van der Waals surface area (Å²) in [6.45, 7) is 3.90. The minimum atomic E-state index is -1.35. The van der Waals surface area contributed by atoms with Crippen molar-refractivity contribution in [2.24, 2.45) is 11.8 Å². The van der Waals surface area contributed by atoms with Crippen molar-refractivity contribution in [1.29, 1.82) is 0 Å². The normalized spacial score (nSPS) is 31.6. The Morgan fingerprint density at radius 1 is 1.09 bits per heavy atom. The van der Waals surface area contributed by atoms with Crippen LogP contribution in [0, 0.1) is 25.7 Å². The van der Waals surface area contributed by atoms with Crippen LogP contribution in [0.5, 0.6) is 0 Å². The number of fused-ring (bicyclic) bond motifs is 4. The average Bonchev–Trinajstić information content (AvgIpc) is 3.24. The van der Waals surface area contributed by atoms with Gasteiger partial charge in [0.15, 0.2) is 0 Å². The van der Waals surface area contributed by atoms with Crippen molar-refractivity contribution in [2.75, 3.05) is 5.32 Å². The fraction of sp³-hybridized carbons (Fsp3) is 0.600. The summed E-state index contributed by atoms with van der Waals surface area (Å²) < 4.78 is 0. The smallest absolute Gasteiger partial charge is 0.303 e. The maximum Gasteiger partial charge on any atom is 0.303 e. The number of likely N-dealkylation sites (tertiary alicyclic amines) is 1. The largest absolute Gasteiger partial charge is 0.481 e. The molecule has 1 aromatic rings. The van der Waals surface area contributed by atoms with Crippen LogP contribution in [0.1, 0.15) is 68.1 Å². The second-order valence-electron chi connectivity index (χ2n) is 10.1. The zero-order chi connectivity index (χ0) is 23.5. The first-order valence-corrected chi connectivity index (χ1v) is 12.1. The summed E-state index contributed by atoms with van der Waals surface area (Å²) in [6, 6.07) is 3.10. The molecule has 1 aromatic carbocycles. The maximum absolute atomic E-state index is 13.9. The van der Waals surface area contributed by atoms with Gasteiger partial charge < -0.3 is 10.4 Å². The summed E-state index contributed by atoms with van der Waals surface area (Å²) >= 11 is 0. The van der Waals surface area contributed by atoms with Gasteiger partial charge in [-0.1, -0.05) is 37.8 Å². The highest BCUT2D eigenvalue weighted by molar-refractivity contribution is 6.15. The monoisotopic (exact) mass is 453 g/mol. The second kappa shape index (κ2) is 7.94. The van der Waals surface area contributed by atoms with Crippen LogP contribution < -0.4 is 10.6 Å². The fourth-order valence-electron chi connectivity index (χ4n) is 6.54. The van der Waals surface area contributed by atoms with Crippen LogP contribution in [-0.2, 0) is 24.7 Å². The first-order chi connectivity index (χ1) is 15.8. The van der Waals surface area contributed by atoms with Gasteiger partial charge in [-0.15, -0.1) is 0 Å². The predicted molar refractivity (Wildman–Crippen MR) is 120 cm³/mol. The molecular weight excluding hydrogens is 422 g/mol. The molecule has 8 nitrogen and oxygen atoms in total. The number of carbonyl (C=O) groups excluding carboxylic acids is 3. The number of hydrogen-bond donors (Lipinski definition) is 3. The highest BCUT2D eigenvalue weighted by Crippen LogP contribution is 2.55. The van der Waals surface area contributed by atoms with Crippen molar-refractivity contribution in [2.45, 2.75) is 82.8 Å². The van der Waals surface area contributed by atoms with E-state index >= 15 is 0 Å². The van der Waals surface area contributed by atoms with E-state index in [-0.39, 0.29) is 36.6 Å². The Hall–Kier alpha value is -2.74. The molecule has 4 unspecified atom stereocenters. The number of aliphatic carboxylic acids is 1. The zero-order valence-electron chi connectivity index (χ0n) is 19.1. The van der Waals surface area contributed by atoms with Crippen molar-refractivity contribution < 1.29 is 24.3 Å². The van der Waals surface area contributed by atoms with E-state index in [1.54, 1.807) is 0 Å². The van der Waals surface area contributed by atoms with Gasteiger partial charge in [0.1, 0.15) is 5.54 Å². The van der Waals surface area contributed by atoms with Crippen molar-refractivity contribution in [3.8, 4) is 0 Å². The van der Waals surface area contributed by atoms with Gasteiger partial charge in [0.05, 0.1) is 11.8 Å². The third-order valence-corrected chi connectivity index (χ3v) is 8.31. The minimum Gasteiger partial charge on any atom is -0.481 e. The van der Waals surface area contributed by atoms with Crippen LogP contribution in [-0.4, -0.2) is 45.8 Å². The lowest BCUT2D eigenvalue weighted by Crippen LogP contribution is -2.54. The Labute approximate surface area is 193 Å². The van der Waals surface area contributed by atoms with Crippen molar-refractivity contribution in [3.05, 3.63) is 28.8 Å². The minimum absolute atomic E-state index is 0.136. The molecule has 4 aliphatic rings. The SMILES string of the molecule is Cc1ccc2c(c1C)NC(=O)C21NC(CCC(=O)O)C2C(=O)N(C3CCCCCC3)C(=O)C21. The summed E-state index contributed by atoms with van der Waals surface area (Å²) in [5.41, 5.74) is 1.98. The molecule has 33 heavy (non-hydrogen) atoms. The van der Waals surface area contributed by atoms with Gasteiger partial charge in [0.25, 0.3) is 0 Å². The van der Waals surface area contributed by atoms with Crippen molar-refractivity contribution in [1.82, 2.24) is 10.2 Å². The first kappa shape index (κ1) is 22.1. The molecule has 5 rings (SSSR count). The third-order valence-electron chi connectivity index (χ3n) is 8.31. The van der Waals surface area contributed by atoms with E-state index in [2.05, 4.69) is 10.6 Å². The van der Waals surface area contributed by atoms with E-state index in [1.165, 1.54) is 4.90 Å². The predicted octanol–water partition coefficient (Wildman–Crippen LogP) is 2.61. The van der Waals surface area contributed by atoms with Gasteiger partial charge in [-0.2, -0.15) is 0 Å². The van der Waals surface area contributed by atoms with Crippen LogP contribution in [0.4, 0.5) is 5.69 Å². The number of amides is 3. The molecule has 1 aliphatic carbocycles. The number of aryl methyl sites for hydroxylation is 1. The van der Waals surface area contributed by atoms with E-state index in [4.69, 9.17) is 0 Å². The molecule has 0 radical (unpaired) electrons. The van der Waals surface area contributed by atoms with E-state index in [1.807, 2.05) is 26.0 Å². The highest BCUT2D eigenvalue weighted by Gasteiger charge is 2.70. The lowest BCUT2D eigenvalue weighted by atomic mass is 9.76. The molecule has 2 saturated heterocycles. The number of anilines is 1. The van der Waals surface area contributed by atoms with Crippen molar-refractivity contribution >= 4 is 29.4 Å². The topological polar surface area (TPSA) is 116 Å². The number of carboxylic acid groups (broad SMARTS) is 1. The molecule has 0 bridgehead atoms. The number of carboxylic acids is 1. The van der Waals surface area contributed by atoms with Crippen LogP contribution in [0.15, 0.2) is 12.1 Å². The second-order valence-corrected chi connectivity index (χ2v) is 10.1. The summed E-state index contributed by atoms with van der Waals surface area (Å²) in [5.74, 6) is -3.43. The Kier molecular flexibility index (Phi) is 5.31. The number of imide groups is 1. The summed E-state index contributed by atoms with van der Waals surface area (Å²) in [5, 5.41) is 15.6. The fourth-order valence-corrected chi connectivity index (χ4v) is 6.54. The number of hydrogen-bond acceptors (Lipinski definition) is 5. The Morgan fingerprint density at radius 2 is 1.79 bits per heavy atom. The van der Waals surface area contributed by atoms with Gasteiger partial charge in [0, 0.05) is 29.8 Å². The number of carbonyl (C=O) groups is 4. The first-order valence-electron chi connectivity index (χ1n) is 12.1. The van der Waals surface area contributed by atoms with E-state index in [9.17, 15) is 24.3 Å². The Balaban J connectivity index is 1.61. The molecule has 3 aliphatic heterocycles. The van der Waals surface area contributed by atoms with Crippen LogP contribution in [0.25, 0.3) is 0 Å². The molecule has 1 saturated carbocycles. The summed E-state index contributed by atoms with van der Waals surface area (Å²) in [6.07, 6.45) is 5.78. The third kappa shape index (κ3) is 3.14. The molecule has 3 amide bonds. The zero-order valence-corrected chi connectivity index (χ0v) is 19.1. The van der Waals surface area contributed by atoms with Crippen LogP contribution >= 0.6 is 0 Å². The van der Waals surface area contributed by atoms with E-state index in [0.29, 0.717) is 11.3 Å². The quantitative estimate of drug-likeness (QED) is 0.477. The molecule has 3 heterocycles. The van der Waals surface area contributed by atoms with E-state index < -0.39 is 29.4 Å². The summed E-state index contributed by atoms with van der Waals surface area (Å²) in [4.78, 5) is 54.0. The Morgan fingerprint density at radius 3 is 2.45 bits per heavy atom. The van der Waals surface area contributed by atoms with E-state index in [0.717, 1.165) is 49.7 Å². The Bertz CT molecular complexity index is 1040. The molecule has 176 valence electrons. The van der Waals surface area contributed by atoms with Crippen LogP contribution in [0.3, 0.4) is 0 Å². The molecule has 0 aromatic heterocycles. The lowest BCUT2D eigenvalue weighted by Gasteiger charge is -2.32. The van der Waals surface area contributed by atoms with Gasteiger partial charge >= 0.3 is 5.97 Å². The number of benzene rings is 1. The average molecular weight is 454 g/mol. The lowest BCUT2D eigenvalue weighted by molar-refractivity contribution is -0.146. The van der Waals surface area contributed by atoms with Crippen LogP contribution in [0.2, 0.25) is 0 Å². The number of rotatable bonds is 4. The number of nitrogens with zero attached hydrogens (tertiary/aromatic N) is 1. The molecule has 3 fully saturated rings. The standard InChI is InChI=1S/C25H31N3O5/c1-13-9-10-16-21(14(13)2)26-24(33)25(16)20-19(17(27-25)11-12-18(29)30)22(31)28(23(20)32)15-7-5-3-4-6-8-15/h9-10,15,17,19-20,27H,3-8,11-12H2,1-2H3,(H,26,33)(H,29,30). The van der Waals surface area contributed by atoms with Gasteiger partial charge in [-0.3, -0.25) is 29.4 Å². The maximum atomic E-state index is 13.9. The highest BCUT2D eigenvalue weighted by atomic mass is 16.4. The summed E-state index contributed by atoms with van der Waals surface area (Å²) in [7, 11) is 0. The molecular formula is C25H31N3O5. The molecule has 8 heteroatoms. The number of nitrogens with one attached hydrogen (secondary N) is 2. The molecule has 4 atom stereocenters. The van der Waals surface area contributed by atoms with Gasteiger partial charge in [-0.05, 0) is 44.2 Å². The molecule has 3 N–H and O–H groups in total.